The minimum Gasteiger partial charge on any atom is -0.310 e. The second kappa shape index (κ2) is 4.67. The summed E-state index contributed by atoms with van der Waals surface area (Å²) < 4.78 is 0. The van der Waals surface area contributed by atoms with E-state index in [1.807, 2.05) is 11.8 Å². The predicted molar refractivity (Wildman–Crippen MR) is 57.7 cm³/mol. The van der Waals surface area contributed by atoms with Crippen LogP contribution in [0.5, 0.6) is 0 Å². The molecule has 76 valence electrons. The van der Waals surface area contributed by atoms with Crippen LogP contribution in [0.4, 0.5) is 0 Å². The van der Waals surface area contributed by atoms with E-state index in [1.165, 1.54) is 50.9 Å². The van der Waals surface area contributed by atoms with Gasteiger partial charge < -0.3 is 4.90 Å². The molecule has 1 saturated carbocycles. The van der Waals surface area contributed by atoms with Crippen LogP contribution < -0.4 is 10.6 Å². The van der Waals surface area contributed by atoms with E-state index in [0.29, 0.717) is 5.50 Å². The zero-order valence-corrected chi connectivity index (χ0v) is 9.11. The Kier molecular flexibility index (Phi) is 3.52. The molecule has 2 atom stereocenters. The Morgan fingerprint density at radius 2 is 2.00 bits per heavy atom. The fraction of sp³-hybridized carbons (Fsp3) is 1.00. The molecule has 0 amide bonds. The molecule has 2 aliphatic rings. The molecule has 0 aromatic rings. The summed E-state index contributed by atoms with van der Waals surface area (Å²) in [7, 11) is 0. The third-order valence-corrected chi connectivity index (χ3v) is 4.53. The van der Waals surface area contributed by atoms with Crippen molar-refractivity contribution in [3.05, 3.63) is 0 Å². The topological polar surface area (TPSA) is 30.5 Å². The molecule has 0 aromatic heterocycles. The van der Waals surface area contributed by atoms with Crippen molar-refractivity contribution in [3.63, 3.8) is 0 Å². The Labute approximate surface area is 85.2 Å². The molecule has 3 heteroatoms. The summed E-state index contributed by atoms with van der Waals surface area (Å²) in [5.74, 6) is 2.25. The van der Waals surface area contributed by atoms with E-state index >= 15 is 0 Å². The highest BCUT2D eigenvalue weighted by molar-refractivity contribution is 7.99. The van der Waals surface area contributed by atoms with Gasteiger partial charge in [0.25, 0.3) is 0 Å². The van der Waals surface area contributed by atoms with Crippen LogP contribution >= 0.6 is 11.8 Å². The average Bonchev–Trinajstić information content (AvgIpc) is 2.54. The third kappa shape index (κ3) is 2.61. The van der Waals surface area contributed by atoms with Gasteiger partial charge in [0.05, 0.1) is 13.1 Å². The second-order valence-corrected chi connectivity index (χ2v) is 5.66. The van der Waals surface area contributed by atoms with Gasteiger partial charge in [0.15, 0.2) is 5.50 Å². The van der Waals surface area contributed by atoms with Gasteiger partial charge in [-0.25, -0.2) is 0 Å². The maximum absolute atomic E-state index is 6.02. The molecule has 1 saturated heterocycles. The van der Waals surface area contributed by atoms with Gasteiger partial charge in [-0.2, -0.15) is 0 Å². The van der Waals surface area contributed by atoms with Crippen LogP contribution in [0, 0.1) is 5.92 Å². The molecule has 0 aromatic carbocycles. The summed E-state index contributed by atoms with van der Waals surface area (Å²) in [5.41, 5.74) is 6.40. The summed E-state index contributed by atoms with van der Waals surface area (Å²) >= 11 is 1.93. The van der Waals surface area contributed by atoms with Crippen molar-refractivity contribution in [2.45, 2.75) is 37.6 Å². The van der Waals surface area contributed by atoms with Crippen LogP contribution in [-0.4, -0.2) is 24.3 Å². The number of rotatable bonds is 2. The van der Waals surface area contributed by atoms with Crippen molar-refractivity contribution in [3.8, 4) is 0 Å². The van der Waals surface area contributed by atoms with E-state index in [-0.39, 0.29) is 0 Å². The van der Waals surface area contributed by atoms with Crippen LogP contribution in [-0.2, 0) is 0 Å². The van der Waals surface area contributed by atoms with Crippen LogP contribution in [0.2, 0.25) is 0 Å². The second-order valence-electron chi connectivity index (χ2n) is 4.41. The molecule has 1 aliphatic heterocycles. The van der Waals surface area contributed by atoms with Gasteiger partial charge in [0.1, 0.15) is 0 Å². The smallest absolute Gasteiger partial charge is 0.187 e. The molecule has 2 rings (SSSR count). The fourth-order valence-corrected chi connectivity index (χ4v) is 3.64. The van der Waals surface area contributed by atoms with E-state index in [0.717, 1.165) is 5.92 Å². The van der Waals surface area contributed by atoms with Crippen LogP contribution in [0.3, 0.4) is 0 Å². The third-order valence-electron chi connectivity index (χ3n) is 3.40. The van der Waals surface area contributed by atoms with E-state index in [1.54, 1.807) is 4.90 Å². The lowest BCUT2D eigenvalue weighted by atomic mass is 9.89. The summed E-state index contributed by atoms with van der Waals surface area (Å²) in [6.07, 6.45) is 7.30. The molecule has 13 heavy (non-hydrogen) atoms. The highest BCUT2D eigenvalue weighted by Crippen LogP contribution is 2.22. The fourth-order valence-electron chi connectivity index (χ4n) is 2.56. The Balaban J connectivity index is 1.75. The largest absolute Gasteiger partial charge is 0.310 e. The maximum Gasteiger partial charge on any atom is 0.187 e. The average molecular weight is 201 g/mol. The van der Waals surface area contributed by atoms with E-state index in [9.17, 15) is 0 Å². The standard InChI is InChI=1S/C10H20N2S/c11-10-12(6-7-13-10)8-9-4-2-1-3-5-9/h9-10H,1-8,11H2/p+1. The molecular weight excluding hydrogens is 180 g/mol. The summed E-state index contributed by atoms with van der Waals surface area (Å²) in [4.78, 5) is 1.65. The molecule has 3 N–H and O–H groups in total. The normalized spacial score (nSPS) is 36.7. The molecule has 1 heterocycles. The first-order valence-corrected chi connectivity index (χ1v) is 6.63. The van der Waals surface area contributed by atoms with Crippen LogP contribution in [0.25, 0.3) is 0 Å². The van der Waals surface area contributed by atoms with Crippen molar-refractivity contribution < 1.29 is 4.90 Å². The SMILES string of the molecule is NC1SCC[NH+]1CC1CCCCC1. The molecule has 0 radical (unpaired) electrons. The molecule has 0 spiro atoms. The highest BCUT2D eigenvalue weighted by atomic mass is 32.2. The first-order chi connectivity index (χ1) is 6.36. The number of hydrogen-bond acceptors (Lipinski definition) is 2. The Morgan fingerprint density at radius 1 is 1.23 bits per heavy atom. The van der Waals surface area contributed by atoms with Crippen molar-refractivity contribution >= 4 is 11.8 Å². The predicted octanol–water partition coefficient (Wildman–Crippen LogP) is 0.441. The lowest BCUT2D eigenvalue weighted by Gasteiger charge is -2.26. The van der Waals surface area contributed by atoms with Crippen molar-refractivity contribution in [2.24, 2.45) is 11.7 Å². The van der Waals surface area contributed by atoms with Crippen molar-refractivity contribution in [1.82, 2.24) is 0 Å². The van der Waals surface area contributed by atoms with Crippen molar-refractivity contribution in [1.29, 1.82) is 0 Å². The first-order valence-electron chi connectivity index (χ1n) is 5.58. The van der Waals surface area contributed by atoms with Gasteiger partial charge in [0.2, 0.25) is 0 Å². The molecular formula is C10H21N2S+. The Bertz CT molecular complexity index is 157. The molecule has 0 bridgehead atoms. The van der Waals surface area contributed by atoms with Gasteiger partial charge in [-0.1, -0.05) is 31.0 Å². The Morgan fingerprint density at radius 3 is 2.62 bits per heavy atom. The molecule has 2 fully saturated rings. The van der Waals surface area contributed by atoms with Gasteiger partial charge in [-0.3, -0.25) is 5.73 Å². The van der Waals surface area contributed by atoms with Gasteiger partial charge in [-0.05, 0) is 12.8 Å². The molecule has 2 nitrogen and oxygen atoms in total. The minimum absolute atomic E-state index is 0.377. The summed E-state index contributed by atoms with van der Waals surface area (Å²) in [6.45, 7) is 2.64. The molecule has 1 aliphatic carbocycles. The first kappa shape index (κ1) is 9.81. The lowest BCUT2D eigenvalue weighted by molar-refractivity contribution is -0.906. The molecule has 2 unspecified atom stereocenters. The monoisotopic (exact) mass is 201 g/mol. The van der Waals surface area contributed by atoms with E-state index < -0.39 is 0 Å². The van der Waals surface area contributed by atoms with Gasteiger partial charge in [0, 0.05) is 11.7 Å². The maximum atomic E-state index is 6.02. The quantitative estimate of drug-likeness (QED) is 0.679. The van der Waals surface area contributed by atoms with Crippen LogP contribution in [0.1, 0.15) is 32.1 Å². The number of nitrogens with one attached hydrogen (secondary N) is 1. The highest BCUT2D eigenvalue weighted by Gasteiger charge is 2.28. The van der Waals surface area contributed by atoms with Crippen molar-refractivity contribution in [2.75, 3.05) is 18.8 Å². The summed E-state index contributed by atoms with van der Waals surface area (Å²) in [6, 6.07) is 0. The van der Waals surface area contributed by atoms with E-state index in [2.05, 4.69) is 0 Å². The summed E-state index contributed by atoms with van der Waals surface area (Å²) in [5, 5.41) is 0. The van der Waals surface area contributed by atoms with E-state index in [4.69, 9.17) is 5.73 Å². The number of hydrogen-bond donors (Lipinski definition) is 2. The minimum atomic E-state index is 0.377. The Hall–Kier alpha value is 0.270. The lowest BCUT2D eigenvalue weighted by Crippen LogP contribution is -3.15. The number of quaternary nitrogens is 1. The number of nitrogens with two attached hydrogens (primary N) is 1. The van der Waals surface area contributed by atoms with Gasteiger partial charge >= 0.3 is 0 Å². The zero-order valence-electron chi connectivity index (χ0n) is 8.30. The zero-order chi connectivity index (χ0) is 9.10. The van der Waals surface area contributed by atoms with Gasteiger partial charge in [-0.15, -0.1) is 0 Å². The number of thioether (sulfide) groups is 1. The van der Waals surface area contributed by atoms with Crippen LogP contribution in [0.15, 0.2) is 0 Å².